The van der Waals surface area contributed by atoms with Gasteiger partial charge in [-0.05, 0) is 36.3 Å². The molecule has 8 nitrogen and oxygen atoms in total. The Kier molecular flexibility index (Phi) is 7.09. The van der Waals surface area contributed by atoms with E-state index in [-0.39, 0.29) is 34.5 Å². The molecular weight excluding hydrogens is 471 g/mol. The predicted octanol–water partition coefficient (Wildman–Crippen LogP) is 5.77. The number of hydrogen-bond donors (Lipinski definition) is 2. The lowest BCUT2D eigenvalue weighted by Crippen LogP contribution is -2.48. The zero-order chi connectivity index (χ0) is 25.0. The van der Waals surface area contributed by atoms with Crippen LogP contribution in [0.4, 0.5) is 5.95 Å². The third-order valence-electron chi connectivity index (χ3n) is 7.62. The number of nitrogens with one attached hydrogen (secondary N) is 1. The van der Waals surface area contributed by atoms with E-state index in [0.29, 0.717) is 23.2 Å². The van der Waals surface area contributed by atoms with Gasteiger partial charge in [0.2, 0.25) is 0 Å². The van der Waals surface area contributed by atoms with Gasteiger partial charge in [0.1, 0.15) is 23.5 Å². The fourth-order valence-electron chi connectivity index (χ4n) is 3.38. The van der Waals surface area contributed by atoms with Crippen molar-refractivity contribution in [2.24, 2.45) is 0 Å². The average Bonchev–Trinajstić information content (AvgIpc) is 3.21. The molecule has 3 heterocycles. The zero-order valence-electron chi connectivity index (χ0n) is 21.8. The molecule has 2 aromatic heterocycles. The number of hydrogen-bond acceptors (Lipinski definition) is 7. The van der Waals surface area contributed by atoms with Crippen molar-refractivity contribution >= 4 is 46.0 Å². The Balaban J connectivity index is 1.91. The summed E-state index contributed by atoms with van der Waals surface area (Å²) >= 11 is 5.34. The monoisotopic (exact) mass is 511 g/mol. The summed E-state index contributed by atoms with van der Waals surface area (Å²) in [4.78, 5) is 11.7. The molecule has 0 unspecified atom stereocenters. The quantitative estimate of drug-likeness (QED) is 0.375. The highest BCUT2D eigenvalue weighted by Crippen LogP contribution is 2.42. The van der Waals surface area contributed by atoms with Crippen LogP contribution in [0.15, 0.2) is 6.33 Å². The lowest BCUT2D eigenvalue weighted by molar-refractivity contribution is -0.0383. The number of imidazole rings is 1. The van der Waals surface area contributed by atoms with E-state index >= 15 is 0 Å². The second-order valence-corrected chi connectivity index (χ2v) is 22.1. The minimum atomic E-state index is -2.01. The van der Waals surface area contributed by atoms with Crippen LogP contribution >= 0.6 is 12.2 Å². The summed E-state index contributed by atoms with van der Waals surface area (Å²) in [6.45, 7) is 23.1. The van der Waals surface area contributed by atoms with Crippen LogP contribution in [0.25, 0.3) is 11.2 Å². The number of nitrogen functional groups attached to an aromatic ring is 1. The molecule has 33 heavy (non-hydrogen) atoms. The second kappa shape index (κ2) is 8.83. The highest BCUT2D eigenvalue weighted by Gasteiger charge is 2.46. The highest BCUT2D eigenvalue weighted by molar-refractivity contribution is 7.71. The first kappa shape index (κ1) is 26.5. The third kappa shape index (κ3) is 5.43. The van der Waals surface area contributed by atoms with Crippen LogP contribution in [0, 0.1) is 4.64 Å². The number of ether oxygens (including phenoxy) is 1. The van der Waals surface area contributed by atoms with Gasteiger partial charge in [-0.3, -0.25) is 4.57 Å². The number of fused-ring (bicyclic) bond motifs is 1. The van der Waals surface area contributed by atoms with Crippen LogP contribution in [-0.2, 0) is 13.6 Å². The summed E-state index contributed by atoms with van der Waals surface area (Å²) in [5, 5.41) is 0.226. The molecule has 0 spiro atoms. The molecule has 0 saturated carbocycles. The fraction of sp³-hybridized carbons (Fsp3) is 0.773. The molecular formula is C22H41N5O3SSi2. The normalized spacial score (nSPS) is 22.9. The summed E-state index contributed by atoms with van der Waals surface area (Å²) in [5.41, 5.74) is 7.26. The maximum absolute atomic E-state index is 6.86. The van der Waals surface area contributed by atoms with Gasteiger partial charge in [-0.15, -0.1) is 0 Å². The van der Waals surface area contributed by atoms with Gasteiger partial charge in [0.25, 0.3) is 0 Å². The van der Waals surface area contributed by atoms with E-state index in [1.807, 2.05) is 4.57 Å². The number of rotatable bonds is 6. The molecule has 2 aromatic rings. The van der Waals surface area contributed by atoms with Crippen LogP contribution in [0.1, 0.15) is 54.2 Å². The summed E-state index contributed by atoms with van der Waals surface area (Å²) in [6, 6.07) is 0. The third-order valence-corrected chi connectivity index (χ3v) is 16.9. The van der Waals surface area contributed by atoms with Crippen LogP contribution < -0.4 is 5.73 Å². The molecule has 3 rings (SSSR count). The van der Waals surface area contributed by atoms with E-state index in [9.17, 15) is 0 Å². The van der Waals surface area contributed by atoms with Crippen LogP contribution in [-0.4, -0.2) is 55.0 Å². The topological polar surface area (TPSA) is 100 Å². The first-order valence-electron chi connectivity index (χ1n) is 11.6. The van der Waals surface area contributed by atoms with Crippen LogP contribution in [0.2, 0.25) is 36.3 Å². The first-order chi connectivity index (χ1) is 14.9. The Morgan fingerprint density at radius 1 is 1.15 bits per heavy atom. The average molecular weight is 512 g/mol. The van der Waals surface area contributed by atoms with Crippen molar-refractivity contribution in [3.8, 4) is 0 Å². The van der Waals surface area contributed by atoms with Crippen molar-refractivity contribution in [3.05, 3.63) is 11.0 Å². The SMILES string of the molecule is CC(C)(C)[Si](C)(C)OC[C@H]1O[C@@H](n2cnc3c(=S)nc(N)[nH]c32)C[C@@H]1O[Si](C)(C)C(C)(C)C. The largest absolute Gasteiger partial charge is 0.414 e. The summed E-state index contributed by atoms with van der Waals surface area (Å²) in [6.07, 6.45) is 1.94. The van der Waals surface area contributed by atoms with Crippen LogP contribution in [0.3, 0.4) is 0 Å². The van der Waals surface area contributed by atoms with Gasteiger partial charge in [-0.2, -0.15) is 0 Å². The Hall–Kier alpha value is -1.12. The second-order valence-electron chi connectivity index (χ2n) is 12.1. The van der Waals surface area contributed by atoms with Crippen molar-refractivity contribution in [3.63, 3.8) is 0 Å². The standard InChI is InChI=1S/C22H41N5O3SSi2/c1-21(2,3)32(7,8)28-12-15-14(30-33(9,10)22(4,5)6)11-16(29-15)27-13-24-17-18(27)25-20(23)26-19(17)31/h13-16H,11-12H2,1-10H3,(H3,23,25,26,31)/t14-,15+,16+/m0/s1. The molecule has 0 aromatic carbocycles. The molecule has 1 fully saturated rings. The lowest BCUT2D eigenvalue weighted by Gasteiger charge is -2.40. The number of nitrogens with two attached hydrogens (primary N) is 1. The molecule has 0 bridgehead atoms. The Morgan fingerprint density at radius 2 is 1.76 bits per heavy atom. The molecule has 3 N–H and O–H groups in total. The van der Waals surface area contributed by atoms with Gasteiger partial charge in [-0.25, -0.2) is 9.97 Å². The van der Waals surface area contributed by atoms with Gasteiger partial charge in [0.15, 0.2) is 27.2 Å². The van der Waals surface area contributed by atoms with E-state index in [1.54, 1.807) is 6.33 Å². The van der Waals surface area contributed by atoms with E-state index in [4.69, 9.17) is 31.5 Å². The predicted molar refractivity (Wildman–Crippen MR) is 141 cm³/mol. The van der Waals surface area contributed by atoms with Gasteiger partial charge >= 0.3 is 0 Å². The Labute approximate surface area is 204 Å². The van der Waals surface area contributed by atoms with E-state index in [0.717, 1.165) is 5.65 Å². The summed E-state index contributed by atoms with van der Waals surface area (Å²) in [7, 11) is -3.95. The maximum Gasteiger partial charge on any atom is 0.200 e. The molecule has 0 amide bonds. The Bertz CT molecular complexity index is 1050. The van der Waals surface area contributed by atoms with Crippen molar-refractivity contribution in [2.75, 3.05) is 12.3 Å². The van der Waals surface area contributed by atoms with Crippen molar-refractivity contribution < 1.29 is 13.6 Å². The first-order valence-corrected chi connectivity index (χ1v) is 17.8. The van der Waals surface area contributed by atoms with Gasteiger partial charge in [0.05, 0.1) is 19.0 Å². The number of anilines is 1. The van der Waals surface area contributed by atoms with E-state index in [2.05, 4.69) is 82.7 Å². The lowest BCUT2D eigenvalue weighted by atomic mass is 10.2. The molecule has 1 aliphatic heterocycles. The Morgan fingerprint density at radius 3 is 2.33 bits per heavy atom. The summed E-state index contributed by atoms with van der Waals surface area (Å²) in [5.74, 6) is 0.263. The van der Waals surface area contributed by atoms with Gasteiger partial charge < -0.3 is 24.3 Å². The minimum Gasteiger partial charge on any atom is -0.414 e. The van der Waals surface area contributed by atoms with Gasteiger partial charge in [-0.1, -0.05) is 53.8 Å². The van der Waals surface area contributed by atoms with E-state index < -0.39 is 16.6 Å². The number of aromatic nitrogens is 4. The smallest absolute Gasteiger partial charge is 0.200 e. The number of H-pyrrole nitrogens is 1. The van der Waals surface area contributed by atoms with Crippen molar-refractivity contribution in [2.45, 2.75) is 103 Å². The number of nitrogens with zero attached hydrogens (tertiary/aromatic N) is 3. The molecule has 0 aliphatic carbocycles. The zero-order valence-corrected chi connectivity index (χ0v) is 24.6. The van der Waals surface area contributed by atoms with Crippen molar-refractivity contribution in [1.29, 1.82) is 0 Å². The summed E-state index contributed by atoms with van der Waals surface area (Å²) < 4.78 is 22.3. The number of aromatic amines is 1. The maximum atomic E-state index is 6.86. The fourth-order valence-corrected chi connectivity index (χ4v) is 6.00. The molecule has 3 atom stereocenters. The molecule has 0 radical (unpaired) electrons. The minimum absolute atomic E-state index is 0.0692. The molecule has 1 aliphatic rings. The van der Waals surface area contributed by atoms with E-state index in [1.165, 1.54) is 0 Å². The molecule has 186 valence electrons. The molecule has 11 heteroatoms. The van der Waals surface area contributed by atoms with Crippen molar-refractivity contribution in [1.82, 2.24) is 19.5 Å². The molecule has 1 saturated heterocycles. The van der Waals surface area contributed by atoms with Gasteiger partial charge in [0, 0.05) is 6.42 Å². The van der Waals surface area contributed by atoms with Crippen LogP contribution in [0.5, 0.6) is 0 Å². The highest BCUT2D eigenvalue weighted by atomic mass is 32.1.